The summed E-state index contributed by atoms with van der Waals surface area (Å²) in [6.07, 6.45) is 2.90. The van der Waals surface area contributed by atoms with Crippen molar-refractivity contribution in [3.63, 3.8) is 0 Å². The summed E-state index contributed by atoms with van der Waals surface area (Å²) in [5, 5.41) is 3.32. The molecule has 1 aliphatic heterocycles. The Balaban J connectivity index is 1.89. The molecule has 1 aliphatic rings. The Hall–Kier alpha value is -1.68. The molecule has 3 rings (SSSR count). The minimum atomic E-state index is -0.175. The summed E-state index contributed by atoms with van der Waals surface area (Å²) in [5.74, 6) is 1.27. The van der Waals surface area contributed by atoms with Crippen LogP contribution in [-0.2, 0) is 0 Å². The van der Waals surface area contributed by atoms with E-state index in [1.165, 1.54) is 0 Å². The maximum atomic E-state index is 13.5. The molecule has 0 amide bonds. The number of nitrogens with one attached hydrogen (secondary N) is 2. The zero-order chi connectivity index (χ0) is 12.5. The smallest absolute Gasteiger partial charge is 0.126 e. The van der Waals surface area contributed by atoms with Crippen molar-refractivity contribution >= 4 is 0 Å². The van der Waals surface area contributed by atoms with Crippen molar-refractivity contribution in [1.29, 1.82) is 0 Å². The molecule has 94 valence electrons. The van der Waals surface area contributed by atoms with Crippen LogP contribution in [0.15, 0.2) is 24.4 Å². The zero-order valence-corrected chi connectivity index (χ0v) is 10.3. The number of hydrogen-bond acceptors (Lipinski definition) is 2. The molecule has 0 radical (unpaired) electrons. The van der Waals surface area contributed by atoms with E-state index >= 15 is 0 Å². The average Bonchev–Trinajstić information content (AvgIpc) is 3.01. The molecule has 0 aliphatic carbocycles. The van der Waals surface area contributed by atoms with Crippen LogP contribution >= 0.6 is 0 Å². The number of benzene rings is 1. The third kappa shape index (κ3) is 2.04. The van der Waals surface area contributed by atoms with Crippen LogP contribution in [-0.4, -0.2) is 23.1 Å². The second kappa shape index (κ2) is 4.53. The van der Waals surface area contributed by atoms with Gasteiger partial charge in [0.15, 0.2) is 0 Å². The van der Waals surface area contributed by atoms with Gasteiger partial charge in [-0.25, -0.2) is 9.37 Å². The molecule has 1 unspecified atom stereocenters. The molecule has 0 saturated carbocycles. The van der Waals surface area contributed by atoms with Gasteiger partial charge in [-0.2, -0.15) is 0 Å². The van der Waals surface area contributed by atoms with Crippen LogP contribution < -0.4 is 5.32 Å². The van der Waals surface area contributed by atoms with E-state index in [0.717, 1.165) is 36.6 Å². The van der Waals surface area contributed by atoms with Crippen LogP contribution in [0.3, 0.4) is 0 Å². The van der Waals surface area contributed by atoms with Gasteiger partial charge in [-0.05, 0) is 31.5 Å². The van der Waals surface area contributed by atoms with E-state index in [2.05, 4.69) is 15.3 Å². The summed E-state index contributed by atoms with van der Waals surface area (Å²) in [6, 6.07) is 5.27. The summed E-state index contributed by atoms with van der Waals surface area (Å²) in [6.45, 7) is 3.77. The van der Waals surface area contributed by atoms with Crippen molar-refractivity contribution in [1.82, 2.24) is 15.3 Å². The number of hydrogen-bond donors (Lipinski definition) is 2. The molecule has 1 aromatic heterocycles. The van der Waals surface area contributed by atoms with Crippen LogP contribution in [0.4, 0.5) is 4.39 Å². The number of halogens is 1. The third-order valence-corrected chi connectivity index (χ3v) is 3.53. The summed E-state index contributed by atoms with van der Waals surface area (Å²) < 4.78 is 13.5. The van der Waals surface area contributed by atoms with E-state index in [1.54, 1.807) is 25.3 Å². The second-order valence-corrected chi connectivity index (χ2v) is 4.84. The van der Waals surface area contributed by atoms with Crippen LogP contribution in [0.25, 0.3) is 11.3 Å². The summed E-state index contributed by atoms with van der Waals surface area (Å²) in [4.78, 5) is 7.71. The van der Waals surface area contributed by atoms with Gasteiger partial charge in [0.2, 0.25) is 0 Å². The lowest BCUT2D eigenvalue weighted by Gasteiger charge is -2.04. The summed E-state index contributed by atoms with van der Waals surface area (Å²) in [7, 11) is 0. The van der Waals surface area contributed by atoms with Crippen molar-refractivity contribution in [2.75, 3.05) is 13.1 Å². The predicted octanol–water partition coefficient (Wildman–Crippen LogP) is 2.60. The molecule has 1 saturated heterocycles. The van der Waals surface area contributed by atoms with Crippen LogP contribution in [0.5, 0.6) is 0 Å². The van der Waals surface area contributed by atoms with Crippen molar-refractivity contribution in [3.8, 4) is 11.3 Å². The average molecular weight is 245 g/mol. The van der Waals surface area contributed by atoms with Gasteiger partial charge in [0, 0.05) is 18.0 Å². The number of H-pyrrole nitrogens is 1. The highest BCUT2D eigenvalue weighted by Gasteiger charge is 2.19. The number of nitrogens with zero attached hydrogens (tertiary/aromatic N) is 1. The second-order valence-electron chi connectivity index (χ2n) is 4.84. The van der Waals surface area contributed by atoms with E-state index in [1.807, 2.05) is 6.07 Å². The topological polar surface area (TPSA) is 40.7 Å². The quantitative estimate of drug-likeness (QED) is 0.853. The first-order valence-corrected chi connectivity index (χ1v) is 6.26. The Labute approximate surface area is 105 Å². The molecular weight excluding hydrogens is 229 g/mol. The molecule has 3 nitrogen and oxygen atoms in total. The Kier molecular flexibility index (Phi) is 2.88. The Morgan fingerprint density at radius 2 is 2.28 bits per heavy atom. The molecule has 1 aromatic carbocycles. The monoisotopic (exact) mass is 245 g/mol. The van der Waals surface area contributed by atoms with Gasteiger partial charge in [-0.15, -0.1) is 0 Å². The van der Waals surface area contributed by atoms with Crippen molar-refractivity contribution in [3.05, 3.63) is 41.6 Å². The fraction of sp³-hybridized carbons (Fsp3) is 0.357. The fourth-order valence-electron chi connectivity index (χ4n) is 2.34. The number of rotatable bonds is 2. The molecule has 1 fully saturated rings. The third-order valence-electron chi connectivity index (χ3n) is 3.53. The van der Waals surface area contributed by atoms with E-state index in [4.69, 9.17) is 0 Å². The molecule has 1 atom stereocenters. The van der Waals surface area contributed by atoms with Gasteiger partial charge >= 0.3 is 0 Å². The van der Waals surface area contributed by atoms with Gasteiger partial charge in [0.05, 0.1) is 11.9 Å². The molecule has 2 N–H and O–H groups in total. The van der Waals surface area contributed by atoms with E-state index in [-0.39, 0.29) is 5.82 Å². The molecule has 2 heterocycles. The first-order valence-electron chi connectivity index (χ1n) is 6.26. The van der Waals surface area contributed by atoms with Gasteiger partial charge in [0.25, 0.3) is 0 Å². The van der Waals surface area contributed by atoms with Crippen LogP contribution in [0.1, 0.15) is 23.7 Å². The highest BCUT2D eigenvalue weighted by molar-refractivity contribution is 5.59. The minimum Gasteiger partial charge on any atom is -0.342 e. The van der Waals surface area contributed by atoms with E-state index in [0.29, 0.717) is 11.5 Å². The van der Waals surface area contributed by atoms with Gasteiger partial charge in [-0.3, -0.25) is 0 Å². The van der Waals surface area contributed by atoms with Crippen molar-refractivity contribution in [2.45, 2.75) is 19.3 Å². The fourth-order valence-corrected chi connectivity index (χ4v) is 2.34. The SMILES string of the molecule is Cc1ccc(-c2cnc(C3CCNC3)[nH]2)cc1F. The van der Waals surface area contributed by atoms with E-state index < -0.39 is 0 Å². The van der Waals surface area contributed by atoms with Crippen molar-refractivity contribution < 1.29 is 4.39 Å². The van der Waals surface area contributed by atoms with Gasteiger partial charge in [-0.1, -0.05) is 12.1 Å². The first-order chi connectivity index (χ1) is 8.74. The molecule has 0 bridgehead atoms. The normalized spacial score (nSPS) is 19.3. The van der Waals surface area contributed by atoms with Crippen molar-refractivity contribution in [2.24, 2.45) is 0 Å². The van der Waals surface area contributed by atoms with Crippen LogP contribution in [0.2, 0.25) is 0 Å². The Morgan fingerprint density at radius 3 is 3.00 bits per heavy atom. The van der Waals surface area contributed by atoms with E-state index in [9.17, 15) is 4.39 Å². The lowest BCUT2D eigenvalue weighted by molar-refractivity contribution is 0.619. The molecular formula is C14H16FN3. The minimum absolute atomic E-state index is 0.175. The lowest BCUT2D eigenvalue weighted by Crippen LogP contribution is -2.08. The summed E-state index contributed by atoms with van der Waals surface area (Å²) in [5.41, 5.74) is 2.40. The highest BCUT2D eigenvalue weighted by atomic mass is 19.1. The number of aryl methyl sites for hydroxylation is 1. The number of imidazole rings is 1. The molecule has 2 aromatic rings. The molecule has 0 spiro atoms. The van der Waals surface area contributed by atoms with Gasteiger partial charge in [0.1, 0.15) is 11.6 Å². The number of aromatic nitrogens is 2. The van der Waals surface area contributed by atoms with Crippen LogP contribution in [0, 0.1) is 12.7 Å². The number of aromatic amines is 1. The van der Waals surface area contributed by atoms with Gasteiger partial charge < -0.3 is 10.3 Å². The highest BCUT2D eigenvalue weighted by Crippen LogP contribution is 2.24. The first kappa shape index (κ1) is 11.4. The standard InChI is InChI=1S/C14H16FN3/c1-9-2-3-10(6-12(9)15)13-8-17-14(18-13)11-4-5-16-7-11/h2-3,6,8,11,16H,4-5,7H2,1H3,(H,17,18). The lowest BCUT2D eigenvalue weighted by atomic mass is 10.1. The molecule has 18 heavy (non-hydrogen) atoms. The maximum Gasteiger partial charge on any atom is 0.126 e. The zero-order valence-electron chi connectivity index (χ0n) is 10.3. The Bertz CT molecular complexity index is 556. The summed E-state index contributed by atoms with van der Waals surface area (Å²) >= 11 is 0. The Morgan fingerprint density at radius 1 is 1.39 bits per heavy atom. The maximum absolute atomic E-state index is 13.5. The largest absolute Gasteiger partial charge is 0.342 e. The molecule has 4 heteroatoms. The predicted molar refractivity (Wildman–Crippen MR) is 68.9 cm³/mol.